The minimum Gasteiger partial charge on any atom is -0.423 e. The molecule has 1 aromatic heterocycles. The summed E-state index contributed by atoms with van der Waals surface area (Å²) in [5.41, 5.74) is 1.57. The van der Waals surface area contributed by atoms with Crippen molar-refractivity contribution in [2.24, 2.45) is 0 Å². The van der Waals surface area contributed by atoms with Crippen molar-refractivity contribution in [1.82, 2.24) is 4.98 Å². The third kappa shape index (κ3) is 7.10. The molecule has 0 radical (unpaired) electrons. The lowest BCUT2D eigenvalue weighted by Crippen LogP contribution is -2.30. The van der Waals surface area contributed by atoms with Crippen LogP contribution in [0.1, 0.15) is 83.2 Å². The van der Waals surface area contributed by atoms with E-state index in [0.717, 1.165) is 5.69 Å². The van der Waals surface area contributed by atoms with Gasteiger partial charge in [-0.05, 0) is 18.9 Å². The van der Waals surface area contributed by atoms with Crippen LogP contribution >= 0.6 is 0 Å². The summed E-state index contributed by atoms with van der Waals surface area (Å²) in [5, 5.41) is 18.3. The van der Waals surface area contributed by atoms with Gasteiger partial charge in [0.15, 0.2) is 0 Å². The zero-order chi connectivity index (χ0) is 15.5. The molecule has 0 bridgehead atoms. The third-order valence-electron chi connectivity index (χ3n) is 4.09. The van der Waals surface area contributed by atoms with Crippen molar-refractivity contribution in [3.63, 3.8) is 0 Å². The van der Waals surface area contributed by atoms with E-state index in [1.807, 2.05) is 6.07 Å². The molecule has 0 aliphatic rings. The molecule has 0 saturated heterocycles. The summed E-state index contributed by atoms with van der Waals surface area (Å²) in [7, 11) is -1.42. The van der Waals surface area contributed by atoms with Gasteiger partial charge in [0.2, 0.25) is 0 Å². The SMILES string of the molecule is CCCCCCCC(CCCC)c1ccc(B(O)O)cn1. The first-order valence-corrected chi connectivity index (χ1v) is 8.51. The van der Waals surface area contributed by atoms with Crippen molar-refractivity contribution in [1.29, 1.82) is 0 Å². The Bertz CT molecular complexity index is 368. The first-order chi connectivity index (χ1) is 10.2. The predicted octanol–water partition coefficient (Wildman–Crippen LogP) is 3.40. The maximum atomic E-state index is 9.13. The zero-order valence-electron chi connectivity index (χ0n) is 13.6. The van der Waals surface area contributed by atoms with Gasteiger partial charge >= 0.3 is 7.12 Å². The van der Waals surface area contributed by atoms with E-state index in [1.54, 1.807) is 12.3 Å². The van der Waals surface area contributed by atoms with Crippen LogP contribution in [0.3, 0.4) is 0 Å². The summed E-state index contributed by atoms with van der Waals surface area (Å²) in [6.45, 7) is 4.46. The van der Waals surface area contributed by atoms with Crippen molar-refractivity contribution in [3.8, 4) is 0 Å². The van der Waals surface area contributed by atoms with Gasteiger partial charge in [-0.25, -0.2) is 0 Å². The summed E-state index contributed by atoms with van der Waals surface area (Å²) in [6.07, 6.45) is 12.9. The molecule has 0 fully saturated rings. The summed E-state index contributed by atoms with van der Waals surface area (Å²) in [6, 6.07) is 3.74. The molecule has 1 unspecified atom stereocenters. The third-order valence-corrected chi connectivity index (χ3v) is 4.09. The number of nitrogens with zero attached hydrogens (tertiary/aromatic N) is 1. The van der Waals surface area contributed by atoms with Crippen molar-refractivity contribution in [2.75, 3.05) is 0 Å². The van der Waals surface area contributed by atoms with E-state index >= 15 is 0 Å². The monoisotopic (exact) mass is 291 g/mol. The number of hydrogen-bond donors (Lipinski definition) is 2. The molecule has 1 heterocycles. The van der Waals surface area contributed by atoms with E-state index < -0.39 is 7.12 Å². The average molecular weight is 291 g/mol. The number of hydrogen-bond acceptors (Lipinski definition) is 3. The largest absolute Gasteiger partial charge is 0.490 e. The lowest BCUT2D eigenvalue weighted by Gasteiger charge is -2.16. The molecule has 2 N–H and O–H groups in total. The number of rotatable bonds is 11. The van der Waals surface area contributed by atoms with Crippen LogP contribution in [0.5, 0.6) is 0 Å². The van der Waals surface area contributed by atoms with Crippen LogP contribution in [0.4, 0.5) is 0 Å². The molecule has 3 nitrogen and oxygen atoms in total. The zero-order valence-corrected chi connectivity index (χ0v) is 13.6. The van der Waals surface area contributed by atoms with Crippen molar-refractivity contribution < 1.29 is 10.0 Å². The molecule has 1 atom stereocenters. The highest BCUT2D eigenvalue weighted by Gasteiger charge is 2.15. The highest BCUT2D eigenvalue weighted by Crippen LogP contribution is 2.26. The summed E-state index contributed by atoms with van der Waals surface area (Å²) in [5.74, 6) is 0.511. The van der Waals surface area contributed by atoms with Crippen LogP contribution in [0.15, 0.2) is 18.3 Å². The topological polar surface area (TPSA) is 53.4 Å². The Labute approximate surface area is 130 Å². The first-order valence-electron chi connectivity index (χ1n) is 8.51. The van der Waals surface area contributed by atoms with E-state index in [4.69, 9.17) is 10.0 Å². The maximum absolute atomic E-state index is 9.13. The molecule has 118 valence electrons. The van der Waals surface area contributed by atoms with E-state index in [0.29, 0.717) is 11.4 Å². The molecule has 0 saturated carbocycles. The highest BCUT2D eigenvalue weighted by atomic mass is 16.4. The Balaban J connectivity index is 2.54. The Morgan fingerprint density at radius 2 is 1.62 bits per heavy atom. The number of unbranched alkanes of at least 4 members (excludes halogenated alkanes) is 5. The molecule has 4 heteroatoms. The standard InChI is InChI=1S/C17H30BNO2/c1-3-5-7-8-9-11-15(10-6-4-2)17-13-12-16(14-19-17)18(20)21/h12-15,20-21H,3-11H2,1-2H3. The van der Waals surface area contributed by atoms with E-state index in [9.17, 15) is 0 Å². The molecule has 0 aliphatic carbocycles. The quantitative estimate of drug-likeness (QED) is 0.485. The van der Waals surface area contributed by atoms with Crippen LogP contribution in [-0.2, 0) is 0 Å². The summed E-state index contributed by atoms with van der Waals surface area (Å²) >= 11 is 0. The highest BCUT2D eigenvalue weighted by molar-refractivity contribution is 6.58. The second-order valence-corrected chi connectivity index (χ2v) is 5.93. The molecule has 1 aromatic rings. The van der Waals surface area contributed by atoms with Crippen molar-refractivity contribution in [2.45, 2.75) is 77.6 Å². The van der Waals surface area contributed by atoms with Gasteiger partial charge in [-0.15, -0.1) is 0 Å². The Morgan fingerprint density at radius 1 is 0.952 bits per heavy atom. The fourth-order valence-electron chi connectivity index (χ4n) is 2.70. The van der Waals surface area contributed by atoms with Crippen molar-refractivity contribution in [3.05, 3.63) is 24.0 Å². The van der Waals surface area contributed by atoms with Crippen LogP contribution in [0, 0.1) is 0 Å². The van der Waals surface area contributed by atoms with Crippen LogP contribution in [0.25, 0.3) is 0 Å². The van der Waals surface area contributed by atoms with E-state index in [2.05, 4.69) is 18.8 Å². The lowest BCUT2D eigenvalue weighted by atomic mass is 9.81. The Hall–Kier alpha value is -0.865. The van der Waals surface area contributed by atoms with Gasteiger partial charge in [-0.1, -0.05) is 64.9 Å². The number of pyridine rings is 1. The average Bonchev–Trinajstić information content (AvgIpc) is 2.50. The molecule has 1 rings (SSSR count). The van der Waals surface area contributed by atoms with Gasteiger partial charge < -0.3 is 10.0 Å². The molecule has 0 aliphatic heterocycles. The number of aromatic nitrogens is 1. The van der Waals surface area contributed by atoms with Gasteiger partial charge in [0.1, 0.15) is 0 Å². The molecule has 0 spiro atoms. The predicted molar refractivity (Wildman–Crippen MR) is 89.7 cm³/mol. The van der Waals surface area contributed by atoms with Crippen LogP contribution in [0.2, 0.25) is 0 Å². The minimum atomic E-state index is -1.42. The molecular formula is C17H30BNO2. The fraction of sp³-hybridized carbons (Fsp3) is 0.706. The molecule has 0 amide bonds. The van der Waals surface area contributed by atoms with Crippen LogP contribution < -0.4 is 5.46 Å². The van der Waals surface area contributed by atoms with Crippen LogP contribution in [-0.4, -0.2) is 22.2 Å². The first kappa shape index (κ1) is 18.2. The van der Waals surface area contributed by atoms with E-state index in [1.165, 1.54) is 57.8 Å². The smallest absolute Gasteiger partial charge is 0.423 e. The maximum Gasteiger partial charge on any atom is 0.490 e. The van der Waals surface area contributed by atoms with Gasteiger partial charge in [-0.2, -0.15) is 0 Å². The van der Waals surface area contributed by atoms with Gasteiger partial charge in [0, 0.05) is 23.3 Å². The Kier molecular flexibility index (Phi) is 9.36. The lowest BCUT2D eigenvalue weighted by molar-refractivity contribution is 0.425. The van der Waals surface area contributed by atoms with Crippen molar-refractivity contribution >= 4 is 12.6 Å². The second-order valence-electron chi connectivity index (χ2n) is 5.93. The molecular weight excluding hydrogens is 261 g/mol. The molecule has 0 aromatic carbocycles. The normalized spacial score (nSPS) is 12.4. The van der Waals surface area contributed by atoms with E-state index in [-0.39, 0.29) is 0 Å². The minimum absolute atomic E-state index is 0.468. The Morgan fingerprint density at radius 3 is 2.19 bits per heavy atom. The molecule has 21 heavy (non-hydrogen) atoms. The summed E-state index contributed by atoms with van der Waals surface area (Å²) < 4.78 is 0. The summed E-state index contributed by atoms with van der Waals surface area (Å²) in [4.78, 5) is 4.45. The van der Waals surface area contributed by atoms with Gasteiger partial charge in [-0.3, -0.25) is 4.98 Å². The second kappa shape index (κ2) is 10.8. The van der Waals surface area contributed by atoms with Gasteiger partial charge in [0.05, 0.1) is 0 Å². The van der Waals surface area contributed by atoms with Gasteiger partial charge in [0.25, 0.3) is 0 Å². The fourth-order valence-corrected chi connectivity index (χ4v) is 2.70.